The molecular weight excluding hydrogens is 168 g/mol. The summed E-state index contributed by atoms with van der Waals surface area (Å²) in [5, 5.41) is 13.3. The Morgan fingerprint density at radius 1 is 1.69 bits per heavy atom. The molecule has 1 aromatic rings. The van der Waals surface area contributed by atoms with Crippen LogP contribution in [0.15, 0.2) is 12.4 Å². The number of aromatic nitrogens is 2. The van der Waals surface area contributed by atoms with E-state index in [1.165, 1.54) is 0 Å². The van der Waals surface area contributed by atoms with Crippen LogP contribution in [0.5, 0.6) is 0 Å². The highest BCUT2D eigenvalue weighted by atomic mass is 16.5. The predicted molar refractivity (Wildman–Crippen MR) is 49.4 cm³/mol. The van der Waals surface area contributed by atoms with Crippen molar-refractivity contribution in [2.75, 3.05) is 13.7 Å². The van der Waals surface area contributed by atoms with Crippen molar-refractivity contribution in [2.45, 2.75) is 26.0 Å². The Morgan fingerprint density at radius 2 is 2.46 bits per heavy atom. The Labute approximate surface area is 78.1 Å². The molecule has 1 rings (SSSR count). The number of rotatable bonds is 5. The van der Waals surface area contributed by atoms with Gasteiger partial charge in [0, 0.05) is 32.0 Å². The Balaban J connectivity index is 2.40. The van der Waals surface area contributed by atoms with Crippen molar-refractivity contribution in [2.24, 2.45) is 0 Å². The number of aryl methyl sites for hydroxylation is 1. The first kappa shape index (κ1) is 10.2. The molecule has 1 atom stereocenters. The molecule has 0 radical (unpaired) electrons. The normalized spacial score (nSPS) is 13.2. The fourth-order valence-electron chi connectivity index (χ4n) is 1.09. The lowest BCUT2D eigenvalue weighted by molar-refractivity contribution is 0.188. The monoisotopic (exact) mass is 184 g/mol. The van der Waals surface area contributed by atoms with Gasteiger partial charge in [-0.25, -0.2) is 0 Å². The molecule has 74 valence electrons. The summed E-state index contributed by atoms with van der Waals surface area (Å²) < 4.78 is 6.75. The molecular formula is C9H16N2O2. The molecule has 0 amide bonds. The van der Waals surface area contributed by atoms with Gasteiger partial charge in [0.15, 0.2) is 0 Å². The summed E-state index contributed by atoms with van der Waals surface area (Å²) in [6, 6.07) is 0. The highest BCUT2D eigenvalue weighted by molar-refractivity contribution is 5.06. The van der Waals surface area contributed by atoms with Crippen LogP contribution in [-0.2, 0) is 11.3 Å². The molecule has 0 aromatic carbocycles. The first-order valence-corrected chi connectivity index (χ1v) is 4.43. The minimum atomic E-state index is -0.434. The van der Waals surface area contributed by atoms with Gasteiger partial charge in [-0.1, -0.05) is 0 Å². The van der Waals surface area contributed by atoms with Gasteiger partial charge in [0.2, 0.25) is 0 Å². The number of aliphatic hydroxyl groups is 1. The molecule has 1 heterocycles. The van der Waals surface area contributed by atoms with E-state index >= 15 is 0 Å². The first-order valence-electron chi connectivity index (χ1n) is 4.43. The van der Waals surface area contributed by atoms with Crippen LogP contribution in [0.2, 0.25) is 0 Å². The molecule has 0 saturated carbocycles. The third-order valence-electron chi connectivity index (χ3n) is 1.87. The van der Waals surface area contributed by atoms with Crippen LogP contribution in [0.1, 0.15) is 25.0 Å². The van der Waals surface area contributed by atoms with E-state index in [-0.39, 0.29) is 0 Å². The molecule has 0 aliphatic heterocycles. The van der Waals surface area contributed by atoms with Gasteiger partial charge in [-0.15, -0.1) is 0 Å². The lowest BCUT2D eigenvalue weighted by Gasteiger charge is -2.00. The lowest BCUT2D eigenvalue weighted by atomic mass is 10.2. The first-order chi connectivity index (χ1) is 6.24. The topological polar surface area (TPSA) is 47.3 Å². The van der Waals surface area contributed by atoms with Gasteiger partial charge in [-0.05, 0) is 13.3 Å². The maximum absolute atomic E-state index is 9.23. The van der Waals surface area contributed by atoms with Crippen molar-refractivity contribution in [1.82, 2.24) is 9.78 Å². The molecule has 0 bridgehead atoms. The molecule has 0 saturated heterocycles. The van der Waals surface area contributed by atoms with Crippen LogP contribution in [0.3, 0.4) is 0 Å². The van der Waals surface area contributed by atoms with Crippen LogP contribution in [-0.4, -0.2) is 28.6 Å². The molecule has 1 N–H and O–H groups in total. The van der Waals surface area contributed by atoms with Crippen LogP contribution >= 0.6 is 0 Å². The number of nitrogens with zero attached hydrogens (tertiary/aromatic N) is 2. The van der Waals surface area contributed by atoms with Crippen molar-refractivity contribution >= 4 is 0 Å². The Bertz CT molecular complexity index is 246. The van der Waals surface area contributed by atoms with Crippen molar-refractivity contribution in [3.63, 3.8) is 0 Å². The van der Waals surface area contributed by atoms with Gasteiger partial charge in [-0.2, -0.15) is 5.10 Å². The molecule has 0 spiro atoms. The molecule has 0 fully saturated rings. The average molecular weight is 184 g/mol. The minimum absolute atomic E-state index is 0.434. The van der Waals surface area contributed by atoms with Crippen molar-refractivity contribution in [3.05, 3.63) is 18.0 Å². The summed E-state index contributed by atoms with van der Waals surface area (Å²) >= 11 is 0. The third kappa shape index (κ3) is 3.16. The number of hydrogen-bond acceptors (Lipinski definition) is 3. The zero-order valence-electron chi connectivity index (χ0n) is 8.10. The summed E-state index contributed by atoms with van der Waals surface area (Å²) in [5.74, 6) is 0. The van der Waals surface area contributed by atoms with E-state index in [4.69, 9.17) is 4.74 Å². The molecule has 4 heteroatoms. The highest BCUT2D eigenvalue weighted by Gasteiger charge is 2.03. The smallest absolute Gasteiger partial charge is 0.0792 e. The fourth-order valence-corrected chi connectivity index (χ4v) is 1.09. The van der Waals surface area contributed by atoms with E-state index in [0.717, 1.165) is 25.1 Å². The number of ether oxygens (including phenoxy) is 1. The molecule has 0 aliphatic rings. The van der Waals surface area contributed by atoms with E-state index < -0.39 is 6.10 Å². The van der Waals surface area contributed by atoms with E-state index in [1.54, 1.807) is 20.2 Å². The number of methoxy groups -OCH3 is 1. The van der Waals surface area contributed by atoms with Crippen LogP contribution < -0.4 is 0 Å². The van der Waals surface area contributed by atoms with Gasteiger partial charge in [-0.3, -0.25) is 4.68 Å². The summed E-state index contributed by atoms with van der Waals surface area (Å²) in [6.07, 6.45) is 4.06. The van der Waals surface area contributed by atoms with Crippen molar-refractivity contribution in [3.8, 4) is 0 Å². The van der Waals surface area contributed by atoms with Crippen LogP contribution in [0, 0.1) is 0 Å². The van der Waals surface area contributed by atoms with Gasteiger partial charge >= 0.3 is 0 Å². The van der Waals surface area contributed by atoms with Crippen LogP contribution in [0.25, 0.3) is 0 Å². The average Bonchev–Trinajstić information content (AvgIpc) is 2.53. The summed E-state index contributed by atoms with van der Waals surface area (Å²) in [4.78, 5) is 0. The van der Waals surface area contributed by atoms with E-state index in [9.17, 15) is 5.11 Å². The van der Waals surface area contributed by atoms with E-state index in [1.807, 2.05) is 10.9 Å². The predicted octanol–water partition coefficient (Wildman–Crippen LogP) is 0.973. The zero-order chi connectivity index (χ0) is 9.68. The summed E-state index contributed by atoms with van der Waals surface area (Å²) in [7, 11) is 1.68. The summed E-state index contributed by atoms with van der Waals surface area (Å²) in [5.41, 5.74) is 0.859. The minimum Gasteiger partial charge on any atom is -0.389 e. The van der Waals surface area contributed by atoms with Crippen molar-refractivity contribution in [1.29, 1.82) is 0 Å². The zero-order valence-corrected chi connectivity index (χ0v) is 8.10. The quantitative estimate of drug-likeness (QED) is 0.694. The maximum atomic E-state index is 9.23. The second-order valence-electron chi connectivity index (χ2n) is 3.06. The largest absolute Gasteiger partial charge is 0.389 e. The maximum Gasteiger partial charge on any atom is 0.0792 e. The standard InChI is InChI=1S/C9H16N2O2/c1-8(12)9-6-10-11(7-9)4-3-5-13-2/h6-8,12H,3-5H2,1-2H3. The number of hydrogen-bond donors (Lipinski definition) is 1. The molecule has 13 heavy (non-hydrogen) atoms. The Hall–Kier alpha value is -0.870. The Kier molecular flexibility index (Phi) is 3.92. The second kappa shape index (κ2) is 4.99. The van der Waals surface area contributed by atoms with Gasteiger partial charge < -0.3 is 9.84 Å². The second-order valence-corrected chi connectivity index (χ2v) is 3.06. The molecule has 1 aromatic heterocycles. The van der Waals surface area contributed by atoms with Gasteiger partial charge in [0.05, 0.1) is 12.3 Å². The highest BCUT2D eigenvalue weighted by Crippen LogP contribution is 2.09. The van der Waals surface area contributed by atoms with E-state index in [2.05, 4.69) is 5.10 Å². The number of aliphatic hydroxyl groups excluding tert-OH is 1. The van der Waals surface area contributed by atoms with Gasteiger partial charge in [0.25, 0.3) is 0 Å². The lowest BCUT2D eigenvalue weighted by Crippen LogP contribution is -2.01. The summed E-state index contributed by atoms with van der Waals surface area (Å²) in [6.45, 7) is 3.31. The Morgan fingerprint density at radius 3 is 3.00 bits per heavy atom. The van der Waals surface area contributed by atoms with Gasteiger partial charge in [0.1, 0.15) is 0 Å². The molecule has 1 unspecified atom stereocenters. The van der Waals surface area contributed by atoms with Crippen LogP contribution in [0.4, 0.5) is 0 Å². The SMILES string of the molecule is COCCCn1cc(C(C)O)cn1. The third-order valence-corrected chi connectivity index (χ3v) is 1.87. The van der Waals surface area contributed by atoms with Crippen molar-refractivity contribution < 1.29 is 9.84 Å². The molecule has 0 aliphatic carbocycles. The van der Waals surface area contributed by atoms with E-state index in [0.29, 0.717) is 0 Å². The molecule has 4 nitrogen and oxygen atoms in total. The fraction of sp³-hybridized carbons (Fsp3) is 0.667.